The van der Waals surface area contributed by atoms with E-state index in [0.29, 0.717) is 18.7 Å². The van der Waals surface area contributed by atoms with Crippen molar-refractivity contribution in [3.63, 3.8) is 0 Å². The second kappa shape index (κ2) is 9.90. The quantitative estimate of drug-likeness (QED) is 0.354. The van der Waals surface area contributed by atoms with Gasteiger partial charge in [-0.3, -0.25) is 4.68 Å². The van der Waals surface area contributed by atoms with E-state index in [1.807, 2.05) is 69.2 Å². The first-order chi connectivity index (χ1) is 17.7. The van der Waals surface area contributed by atoms with Gasteiger partial charge in [-0.15, -0.1) is 0 Å². The molecule has 5 heterocycles. The van der Waals surface area contributed by atoms with Crippen LogP contribution in [0.3, 0.4) is 0 Å². The molecule has 190 valence electrons. The Labute approximate surface area is 220 Å². The van der Waals surface area contributed by atoms with Crippen LogP contribution in [-0.2, 0) is 4.74 Å². The Hall–Kier alpha value is -3.84. The summed E-state index contributed by atoms with van der Waals surface area (Å²) in [4.78, 5) is 19.9. The van der Waals surface area contributed by atoms with E-state index >= 15 is 0 Å². The van der Waals surface area contributed by atoms with E-state index in [-0.39, 0.29) is 12.1 Å². The van der Waals surface area contributed by atoms with Crippen molar-refractivity contribution in [2.24, 2.45) is 0 Å². The molecule has 1 saturated heterocycles. The first-order valence-corrected chi connectivity index (χ1v) is 13.1. The smallest absolute Gasteiger partial charge is 0.410 e. The fraction of sp³-hybridized carbons (Fsp3) is 0.370. The van der Waals surface area contributed by atoms with Crippen molar-refractivity contribution in [2.75, 3.05) is 13.1 Å². The molecule has 0 N–H and O–H groups in total. The van der Waals surface area contributed by atoms with Crippen LogP contribution < -0.4 is 0 Å². The molecule has 0 saturated carbocycles. The summed E-state index contributed by atoms with van der Waals surface area (Å²) in [5, 5.41) is 19.6. The van der Waals surface area contributed by atoms with E-state index in [4.69, 9.17) is 4.74 Å². The van der Waals surface area contributed by atoms with Gasteiger partial charge < -0.3 is 9.64 Å². The van der Waals surface area contributed by atoms with Crippen molar-refractivity contribution in [3.05, 3.63) is 60.3 Å². The van der Waals surface area contributed by atoms with E-state index in [2.05, 4.69) is 27.3 Å². The Morgan fingerprint density at radius 3 is 2.78 bits per heavy atom. The lowest BCUT2D eigenvalue weighted by Crippen LogP contribution is -2.43. The van der Waals surface area contributed by atoms with Gasteiger partial charge in [-0.1, -0.05) is 17.8 Å². The summed E-state index contributed by atoms with van der Waals surface area (Å²) in [6.45, 7) is 8.83. The van der Waals surface area contributed by atoms with Crippen molar-refractivity contribution >= 4 is 23.4 Å². The molecule has 0 bridgehead atoms. The molecule has 4 aromatic heterocycles. The molecule has 1 atom stereocenters. The van der Waals surface area contributed by atoms with Crippen LogP contribution in [0.5, 0.6) is 0 Å². The van der Waals surface area contributed by atoms with Crippen LogP contribution >= 0.6 is 11.8 Å². The zero-order chi connectivity index (χ0) is 26.2. The lowest BCUT2D eigenvalue weighted by molar-refractivity contribution is 0.0167. The van der Waals surface area contributed by atoms with Gasteiger partial charge in [0.2, 0.25) is 0 Å². The van der Waals surface area contributed by atoms with Crippen molar-refractivity contribution < 1.29 is 9.53 Å². The van der Waals surface area contributed by atoms with Crippen molar-refractivity contribution in [2.45, 2.75) is 62.1 Å². The molecule has 0 radical (unpaired) electrons. The largest absolute Gasteiger partial charge is 0.444 e. The summed E-state index contributed by atoms with van der Waals surface area (Å²) in [7, 11) is 0. The third-order valence-electron chi connectivity index (χ3n) is 6.13. The third kappa shape index (κ3) is 5.47. The fourth-order valence-corrected chi connectivity index (χ4v) is 5.49. The number of aromatic nitrogens is 5. The van der Waals surface area contributed by atoms with Gasteiger partial charge in [-0.2, -0.15) is 15.5 Å². The van der Waals surface area contributed by atoms with Gasteiger partial charge >= 0.3 is 6.09 Å². The highest BCUT2D eigenvalue weighted by atomic mass is 32.2. The van der Waals surface area contributed by atoms with Crippen molar-refractivity contribution in [1.82, 2.24) is 29.3 Å². The number of carbonyl (C=O) groups is 1. The molecule has 5 rings (SSSR count). The van der Waals surface area contributed by atoms with Crippen LogP contribution in [-0.4, -0.2) is 54.1 Å². The SMILES string of the molecule is Cc1cccc(Sc2cc(-c3cnn([C@H]4CCCN(C(=O)OC(C)(C)C)C4)c3)cn3ncc(C#N)c23)n1. The van der Waals surface area contributed by atoms with E-state index < -0.39 is 5.60 Å². The molecule has 1 amide bonds. The number of hydrogen-bond donors (Lipinski definition) is 0. The highest BCUT2D eigenvalue weighted by Crippen LogP contribution is 2.35. The second-order valence-electron chi connectivity index (χ2n) is 10.2. The molecular weight excluding hydrogens is 486 g/mol. The van der Waals surface area contributed by atoms with Gasteiger partial charge in [0.1, 0.15) is 16.7 Å². The van der Waals surface area contributed by atoms with Crippen LogP contribution in [0.4, 0.5) is 4.79 Å². The minimum Gasteiger partial charge on any atom is -0.444 e. The number of likely N-dealkylation sites (tertiary alicyclic amines) is 1. The fourth-order valence-electron chi connectivity index (χ4n) is 4.44. The second-order valence-corrected chi connectivity index (χ2v) is 11.3. The summed E-state index contributed by atoms with van der Waals surface area (Å²) in [5.74, 6) is 0. The third-order valence-corrected chi connectivity index (χ3v) is 7.10. The van der Waals surface area contributed by atoms with Crippen LogP contribution in [0, 0.1) is 18.3 Å². The normalized spacial score (nSPS) is 16.1. The van der Waals surface area contributed by atoms with Gasteiger partial charge in [0.15, 0.2) is 0 Å². The number of hydrogen-bond acceptors (Lipinski definition) is 7. The molecule has 1 aliphatic rings. The Morgan fingerprint density at radius 2 is 2.03 bits per heavy atom. The number of amides is 1. The first kappa shape index (κ1) is 24.8. The number of carbonyl (C=O) groups excluding carboxylic acids is 1. The van der Waals surface area contributed by atoms with Gasteiger partial charge in [0, 0.05) is 47.2 Å². The van der Waals surface area contributed by atoms with E-state index in [0.717, 1.165) is 45.1 Å². The molecular formula is C27H29N7O2S. The maximum absolute atomic E-state index is 12.6. The minimum atomic E-state index is -0.525. The van der Waals surface area contributed by atoms with Crippen LogP contribution in [0.2, 0.25) is 0 Å². The average molecular weight is 516 g/mol. The predicted molar refractivity (Wildman–Crippen MR) is 140 cm³/mol. The zero-order valence-electron chi connectivity index (χ0n) is 21.4. The molecule has 37 heavy (non-hydrogen) atoms. The number of rotatable bonds is 4. The molecule has 0 unspecified atom stereocenters. The lowest BCUT2D eigenvalue weighted by atomic mass is 10.1. The molecule has 0 aromatic carbocycles. The number of nitriles is 1. The number of aryl methyl sites for hydroxylation is 1. The van der Waals surface area contributed by atoms with Gasteiger partial charge in [-0.25, -0.2) is 14.3 Å². The maximum Gasteiger partial charge on any atom is 0.410 e. The van der Waals surface area contributed by atoms with Crippen LogP contribution in [0.15, 0.2) is 59.0 Å². The summed E-state index contributed by atoms with van der Waals surface area (Å²) in [5.41, 5.74) is 3.54. The van der Waals surface area contributed by atoms with Crippen LogP contribution in [0.1, 0.15) is 50.9 Å². The number of fused-ring (bicyclic) bond motifs is 1. The van der Waals surface area contributed by atoms with E-state index in [9.17, 15) is 10.1 Å². The van der Waals surface area contributed by atoms with Crippen molar-refractivity contribution in [1.29, 1.82) is 5.26 Å². The average Bonchev–Trinajstić information content (AvgIpc) is 3.51. The summed E-state index contributed by atoms with van der Waals surface area (Å²) < 4.78 is 9.26. The number of ether oxygens (including phenoxy) is 1. The summed E-state index contributed by atoms with van der Waals surface area (Å²) in [6, 6.07) is 10.3. The molecule has 0 spiro atoms. The van der Waals surface area contributed by atoms with E-state index in [1.165, 1.54) is 11.8 Å². The Bertz CT molecular complexity index is 1490. The minimum absolute atomic E-state index is 0.0685. The summed E-state index contributed by atoms with van der Waals surface area (Å²) in [6.07, 6.45) is 8.89. The Balaban J connectivity index is 1.43. The number of piperidine rings is 1. The maximum atomic E-state index is 12.6. The Kier molecular flexibility index (Phi) is 6.65. The number of pyridine rings is 2. The molecule has 4 aromatic rings. The molecule has 9 nitrogen and oxygen atoms in total. The monoisotopic (exact) mass is 515 g/mol. The van der Waals surface area contributed by atoms with E-state index in [1.54, 1.807) is 15.6 Å². The highest BCUT2D eigenvalue weighted by molar-refractivity contribution is 7.99. The standard InChI is InChI=1S/C27H29N7O2S/c1-18-7-5-9-24(31-18)37-23-11-19(15-34-25(23)20(12-28)13-30-34)21-14-29-33(16-21)22-8-6-10-32(17-22)26(35)36-27(2,3)4/h5,7,9,11,13-16,22H,6,8,10,17H2,1-4H3/t22-/m0/s1. The topological polar surface area (TPSA) is 101 Å². The first-order valence-electron chi connectivity index (χ1n) is 12.3. The highest BCUT2D eigenvalue weighted by Gasteiger charge is 2.29. The van der Waals surface area contributed by atoms with Gasteiger partial charge in [-0.05, 0) is 58.7 Å². The molecule has 10 heteroatoms. The van der Waals surface area contributed by atoms with Crippen LogP contribution in [0.25, 0.3) is 16.6 Å². The molecule has 1 fully saturated rings. The summed E-state index contributed by atoms with van der Waals surface area (Å²) >= 11 is 1.51. The molecule has 1 aliphatic heterocycles. The Morgan fingerprint density at radius 1 is 1.19 bits per heavy atom. The predicted octanol–water partition coefficient (Wildman–Crippen LogP) is 5.50. The zero-order valence-corrected chi connectivity index (χ0v) is 22.2. The lowest BCUT2D eigenvalue weighted by Gasteiger charge is -2.34. The van der Waals surface area contributed by atoms with Gasteiger partial charge in [0.05, 0.1) is 29.5 Å². The van der Waals surface area contributed by atoms with Gasteiger partial charge in [0.25, 0.3) is 0 Å². The molecule has 0 aliphatic carbocycles. The number of nitrogens with zero attached hydrogens (tertiary/aromatic N) is 7. The van der Waals surface area contributed by atoms with Crippen molar-refractivity contribution in [3.8, 4) is 17.2 Å².